The molecule has 0 spiro atoms. The predicted molar refractivity (Wildman–Crippen MR) is 85.7 cm³/mol. The molecule has 1 aromatic rings. The van der Waals surface area contributed by atoms with Gasteiger partial charge >= 0.3 is 5.97 Å². The molecule has 1 aliphatic heterocycles. The second-order valence-electron chi connectivity index (χ2n) is 6.22. The van der Waals surface area contributed by atoms with Gasteiger partial charge in [-0.25, -0.2) is 0 Å². The molecule has 0 unspecified atom stereocenters. The number of piperazine rings is 1. The Hall–Kier alpha value is -0.950. The zero-order chi connectivity index (χ0) is 15.5. The van der Waals surface area contributed by atoms with Crippen LogP contribution in [0.25, 0.3) is 0 Å². The van der Waals surface area contributed by atoms with Crippen LogP contribution in [0.1, 0.15) is 17.7 Å². The van der Waals surface area contributed by atoms with E-state index in [-0.39, 0.29) is 17.9 Å². The minimum Gasteiger partial charge on any atom is -0.469 e. The smallest absolute Gasteiger partial charge is 0.308 e. The van der Waals surface area contributed by atoms with Crippen LogP contribution < -0.4 is 0 Å². The Morgan fingerprint density at radius 3 is 2.77 bits per heavy atom. The van der Waals surface area contributed by atoms with E-state index < -0.39 is 6.10 Å². The van der Waals surface area contributed by atoms with E-state index in [1.807, 2.05) is 0 Å². The minimum atomic E-state index is -0.409. The lowest BCUT2D eigenvalue weighted by atomic mass is 10.1. The Balaban J connectivity index is 1.50. The fourth-order valence-corrected chi connectivity index (χ4v) is 4.37. The third kappa shape index (κ3) is 3.51. The molecule has 122 valence electrons. The van der Waals surface area contributed by atoms with Crippen molar-refractivity contribution in [2.45, 2.75) is 31.5 Å². The molecule has 0 bridgehead atoms. The van der Waals surface area contributed by atoms with Gasteiger partial charge in [0.2, 0.25) is 0 Å². The first-order valence-corrected chi connectivity index (χ1v) is 8.80. The number of aliphatic hydroxyl groups excluding tert-OH is 1. The maximum Gasteiger partial charge on any atom is 0.308 e. The summed E-state index contributed by atoms with van der Waals surface area (Å²) >= 11 is 1.80. The molecule has 1 saturated heterocycles. The predicted octanol–water partition coefficient (Wildman–Crippen LogP) is 1.18. The Morgan fingerprint density at radius 1 is 1.36 bits per heavy atom. The van der Waals surface area contributed by atoms with Crippen LogP contribution >= 0.6 is 11.3 Å². The molecule has 1 N–H and O–H groups in total. The molecule has 0 radical (unpaired) electrons. The maximum absolute atomic E-state index is 11.7. The Labute approximate surface area is 135 Å². The molecule has 3 rings (SSSR count). The van der Waals surface area contributed by atoms with Gasteiger partial charge in [0.05, 0.1) is 19.1 Å². The average molecular weight is 324 g/mol. The fourth-order valence-electron chi connectivity index (χ4n) is 3.62. The summed E-state index contributed by atoms with van der Waals surface area (Å²) in [5, 5.41) is 12.4. The highest BCUT2D eigenvalue weighted by molar-refractivity contribution is 7.09. The summed E-state index contributed by atoms with van der Waals surface area (Å²) in [7, 11) is 1.42. The van der Waals surface area contributed by atoms with Crippen LogP contribution in [0.2, 0.25) is 0 Å². The summed E-state index contributed by atoms with van der Waals surface area (Å²) in [5.41, 5.74) is 0. The Bertz CT molecular complexity index is 486. The largest absolute Gasteiger partial charge is 0.469 e. The first kappa shape index (κ1) is 15.9. The monoisotopic (exact) mass is 324 g/mol. The Kier molecular flexibility index (Phi) is 5.13. The summed E-state index contributed by atoms with van der Waals surface area (Å²) in [6, 6.07) is 4.38. The van der Waals surface area contributed by atoms with E-state index in [4.69, 9.17) is 4.74 Å². The van der Waals surface area contributed by atoms with Gasteiger partial charge in [-0.15, -0.1) is 11.3 Å². The van der Waals surface area contributed by atoms with E-state index in [2.05, 4.69) is 27.3 Å². The van der Waals surface area contributed by atoms with E-state index in [0.29, 0.717) is 6.42 Å². The zero-order valence-electron chi connectivity index (χ0n) is 13.0. The second kappa shape index (κ2) is 7.08. The van der Waals surface area contributed by atoms with E-state index in [1.54, 1.807) is 11.3 Å². The normalized spacial score (nSPS) is 30.5. The van der Waals surface area contributed by atoms with E-state index in [1.165, 1.54) is 12.0 Å². The quantitative estimate of drug-likeness (QED) is 0.843. The van der Waals surface area contributed by atoms with Gasteiger partial charge in [-0.1, -0.05) is 6.07 Å². The van der Waals surface area contributed by atoms with Crippen LogP contribution in [0, 0.1) is 5.92 Å². The molecule has 2 heterocycles. The number of thiophene rings is 1. The molecule has 1 saturated carbocycles. The lowest BCUT2D eigenvalue weighted by molar-refractivity contribution is -0.145. The molecule has 5 nitrogen and oxygen atoms in total. The van der Waals surface area contributed by atoms with Gasteiger partial charge in [0.15, 0.2) is 0 Å². The maximum atomic E-state index is 11.7. The molecule has 1 aromatic heterocycles. The van der Waals surface area contributed by atoms with Crippen LogP contribution in [0.4, 0.5) is 0 Å². The molecular weight excluding hydrogens is 300 g/mol. The minimum absolute atomic E-state index is 0.105. The lowest BCUT2D eigenvalue weighted by Gasteiger charge is -2.39. The number of carbonyl (C=O) groups excluding carboxylic acids is 1. The second-order valence-corrected chi connectivity index (χ2v) is 7.25. The number of hydrogen-bond donors (Lipinski definition) is 1. The Morgan fingerprint density at radius 2 is 2.14 bits per heavy atom. The molecule has 1 aliphatic carbocycles. The molecule has 2 fully saturated rings. The van der Waals surface area contributed by atoms with Gasteiger partial charge in [0.25, 0.3) is 0 Å². The van der Waals surface area contributed by atoms with Crippen LogP contribution in [-0.4, -0.2) is 66.3 Å². The van der Waals surface area contributed by atoms with Crippen LogP contribution in [0.5, 0.6) is 0 Å². The highest BCUT2D eigenvalue weighted by Gasteiger charge is 2.41. The number of nitrogens with zero attached hydrogens (tertiary/aromatic N) is 2. The highest BCUT2D eigenvalue weighted by Crippen LogP contribution is 2.31. The molecule has 6 heteroatoms. The third-order valence-corrected chi connectivity index (χ3v) is 5.73. The number of hydrogen-bond acceptors (Lipinski definition) is 6. The SMILES string of the molecule is COC(=O)[C@@H]1C[C@@H](O)[C@H](N2CCN(Cc3cccs3)CC2)C1. The van der Waals surface area contributed by atoms with Gasteiger partial charge in [-0.3, -0.25) is 14.6 Å². The third-order valence-electron chi connectivity index (χ3n) is 4.87. The molecule has 22 heavy (non-hydrogen) atoms. The van der Waals surface area contributed by atoms with Gasteiger partial charge in [0.1, 0.15) is 0 Å². The van der Waals surface area contributed by atoms with Crippen LogP contribution in [0.15, 0.2) is 17.5 Å². The molecule has 3 atom stereocenters. The lowest BCUT2D eigenvalue weighted by Crippen LogP contribution is -2.52. The number of rotatable bonds is 4. The molecule has 2 aliphatic rings. The van der Waals surface area contributed by atoms with Crippen molar-refractivity contribution in [3.8, 4) is 0 Å². The number of ether oxygens (including phenoxy) is 1. The van der Waals surface area contributed by atoms with Crippen LogP contribution in [-0.2, 0) is 16.1 Å². The molecule has 0 amide bonds. The van der Waals surface area contributed by atoms with Gasteiger partial charge in [0, 0.05) is 43.6 Å². The summed E-state index contributed by atoms with van der Waals surface area (Å²) in [4.78, 5) is 17.9. The van der Waals surface area contributed by atoms with Crippen LogP contribution in [0.3, 0.4) is 0 Å². The van der Waals surface area contributed by atoms with Crippen molar-refractivity contribution in [2.75, 3.05) is 33.3 Å². The van der Waals surface area contributed by atoms with Crippen molar-refractivity contribution in [2.24, 2.45) is 5.92 Å². The first-order chi connectivity index (χ1) is 10.7. The number of methoxy groups -OCH3 is 1. The van der Waals surface area contributed by atoms with E-state index in [0.717, 1.165) is 39.1 Å². The van der Waals surface area contributed by atoms with E-state index in [9.17, 15) is 9.90 Å². The summed E-state index contributed by atoms with van der Waals surface area (Å²) < 4.78 is 4.82. The average Bonchev–Trinajstić information content (AvgIpc) is 3.17. The standard InChI is InChI=1S/C16H24N2O3S/c1-21-16(20)12-9-14(15(19)10-12)18-6-4-17(5-7-18)11-13-3-2-8-22-13/h2-3,8,12,14-15,19H,4-7,9-11H2,1H3/t12-,14+,15+/m0/s1. The van der Waals surface area contributed by atoms with Crippen molar-refractivity contribution >= 4 is 17.3 Å². The number of carbonyl (C=O) groups is 1. The first-order valence-electron chi connectivity index (χ1n) is 7.92. The molecular formula is C16H24N2O3S. The van der Waals surface area contributed by atoms with Gasteiger partial charge in [-0.2, -0.15) is 0 Å². The summed E-state index contributed by atoms with van der Waals surface area (Å²) in [5.74, 6) is -0.327. The number of esters is 1. The summed E-state index contributed by atoms with van der Waals surface area (Å²) in [6.07, 6.45) is 0.846. The number of aliphatic hydroxyl groups is 1. The van der Waals surface area contributed by atoms with Crippen molar-refractivity contribution in [3.63, 3.8) is 0 Å². The van der Waals surface area contributed by atoms with Crippen molar-refractivity contribution in [1.82, 2.24) is 9.80 Å². The van der Waals surface area contributed by atoms with Crippen molar-refractivity contribution in [1.29, 1.82) is 0 Å². The fraction of sp³-hybridized carbons (Fsp3) is 0.688. The topological polar surface area (TPSA) is 53.0 Å². The van der Waals surface area contributed by atoms with E-state index >= 15 is 0 Å². The van der Waals surface area contributed by atoms with Crippen molar-refractivity contribution in [3.05, 3.63) is 22.4 Å². The van der Waals surface area contributed by atoms with Gasteiger partial charge < -0.3 is 9.84 Å². The highest BCUT2D eigenvalue weighted by atomic mass is 32.1. The summed E-state index contributed by atoms with van der Waals surface area (Å²) in [6.45, 7) is 4.97. The molecule has 0 aromatic carbocycles. The van der Waals surface area contributed by atoms with Gasteiger partial charge in [-0.05, 0) is 24.3 Å². The van der Waals surface area contributed by atoms with Crippen molar-refractivity contribution < 1.29 is 14.6 Å². The zero-order valence-corrected chi connectivity index (χ0v) is 13.8.